The Kier molecular flexibility index (Phi) is 4.46. The van der Waals surface area contributed by atoms with Gasteiger partial charge < -0.3 is 4.90 Å². The van der Waals surface area contributed by atoms with Crippen molar-refractivity contribution in [2.75, 3.05) is 18.5 Å². The Bertz CT molecular complexity index is 296. The first-order valence-electron chi connectivity index (χ1n) is 5.05. The zero-order valence-electron chi connectivity index (χ0n) is 9.18. The van der Waals surface area contributed by atoms with Crippen LogP contribution in [0.25, 0.3) is 0 Å². The second kappa shape index (κ2) is 5.40. The van der Waals surface area contributed by atoms with Crippen LogP contribution in [0.2, 0.25) is 0 Å². The molecule has 0 aliphatic rings. The van der Waals surface area contributed by atoms with Gasteiger partial charge in [0.25, 0.3) is 0 Å². The van der Waals surface area contributed by atoms with E-state index in [0.717, 1.165) is 11.9 Å². The minimum Gasteiger partial charge on any atom is -0.374 e. The van der Waals surface area contributed by atoms with Crippen LogP contribution >= 0.6 is 15.9 Å². The first kappa shape index (κ1) is 11.6. The number of hydrogen-bond acceptors (Lipinski definition) is 1. The molecular weight excluding hydrogens is 238 g/mol. The van der Waals surface area contributed by atoms with Crippen LogP contribution in [0.15, 0.2) is 18.2 Å². The highest BCUT2D eigenvalue weighted by molar-refractivity contribution is 9.08. The van der Waals surface area contributed by atoms with E-state index in [0.29, 0.717) is 0 Å². The molecule has 0 aromatic heterocycles. The van der Waals surface area contributed by atoms with Crippen molar-refractivity contribution >= 4 is 21.6 Å². The molecule has 0 saturated heterocycles. The van der Waals surface area contributed by atoms with Crippen LogP contribution in [0.1, 0.15) is 24.5 Å². The van der Waals surface area contributed by atoms with E-state index in [4.69, 9.17) is 0 Å². The van der Waals surface area contributed by atoms with Gasteiger partial charge in [-0.3, -0.25) is 0 Å². The standard InChI is InChI=1S/C12H18BrN/c1-4-7-14(3)12-6-5-10(2)8-11(12)9-13/h5-6,8H,4,7,9H2,1-3H3. The third-order valence-electron chi connectivity index (χ3n) is 2.35. The molecule has 0 spiro atoms. The van der Waals surface area contributed by atoms with Crippen molar-refractivity contribution in [3.05, 3.63) is 29.3 Å². The molecule has 0 aliphatic heterocycles. The molecule has 0 amide bonds. The fourth-order valence-corrected chi connectivity index (χ4v) is 2.10. The van der Waals surface area contributed by atoms with Crippen LogP contribution in [0.5, 0.6) is 0 Å². The molecule has 0 saturated carbocycles. The maximum Gasteiger partial charge on any atom is 0.0404 e. The van der Waals surface area contributed by atoms with E-state index in [1.54, 1.807) is 0 Å². The van der Waals surface area contributed by atoms with E-state index < -0.39 is 0 Å². The summed E-state index contributed by atoms with van der Waals surface area (Å²) in [7, 11) is 2.15. The summed E-state index contributed by atoms with van der Waals surface area (Å²) in [5, 5.41) is 0.929. The lowest BCUT2D eigenvalue weighted by molar-refractivity contribution is 0.848. The lowest BCUT2D eigenvalue weighted by Crippen LogP contribution is -2.19. The summed E-state index contributed by atoms with van der Waals surface area (Å²) < 4.78 is 0. The van der Waals surface area contributed by atoms with Gasteiger partial charge in [0.15, 0.2) is 0 Å². The fraction of sp³-hybridized carbons (Fsp3) is 0.500. The molecule has 0 radical (unpaired) electrons. The lowest BCUT2D eigenvalue weighted by atomic mass is 10.1. The summed E-state index contributed by atoms with van der Waals surface area (Å²) in [6.07, 6.45) is 1.19. The fourth-order valence-electron chi connectivity index (χ4n) is 1.65. The quantitative estimate of drug-likeness (QED) is 0.742. The van der Waals surface area contributed by atoms with Crippen molar-refractivity contribution in [3.8, 4) is 0 Å². The number of rotatable bonds is 4. The Balaban J connectivity index is 2.95. The molecule has 0 N–H and O–H groups in total. The van der Waals surface area contributed by atoms with Gasteiger partial charge in [0, 0.05) is 24.6 Å². The topological polar surface area (TPSA) is 3.24 Å². The van der Waals surface area contributed by atoms with Gasteiger partial charge in [0.05, 0.1) is 0 Å². The van der Waals surface area contributed by atoms with Crippen LogP contribution in [0, 0.1) is 6.92 Å². The molecular formula is C12H18BrN. The molecule has 0 aliphatic carbocycles. The van der Waals surface area contributed by atoms with Gasteiger partial charge in [-0.15, -0.1) is 0 Å². The maximum atomic E-state index is 3.54. The molecule has 1 nitrogen and oxygen atoms in total. The molecule has 0 atom stereocenters. The van der Waals surface area contributed by atoms with E-state index in [1.165, 1.54) is 23.2 Å². The summed E-state index contributed by atoms with van der Waals surface area (Å²) in [4.78, 5) is 2.32. The zero-order chi connectivity index (χ0) is 10.6. The molecule has 0 fully saturated rings. The average molecular weight is 256 g/mol. The predicted molar refractivity (Wildman–Crippen MR) is 67.4 cm³/mol. The number of anilines is 1. The number of nitrogens with zero attached hydrogens (tertiary/aromatic N) is 1. The van der Waals surface area contributed by atoms with E-state index in [-0.39, 0.29) is 0 Å². The molecule has 1 aromatic carbocycles. The largest absolute Gasteiger partial charge is 0.374 e. The van der Waals surface area contributed by atoms with Crippen molar-refractivity contribution < 1.29 is 0 Å². The average Bonchev–Trinajstić information content (AvgIpc) is 2.17. The Hall–Kier alpha value is -0.500. The van der Waals surface area contributed by atoms with Crippen molar-refractivity contribution in [2.45, 2.75) is 25.6 Å². The molecule has 2 heteroatoms. The lowest BCUT2D eigenvalue weighted by Gasteiger charge is -2.21. The summed E-state index contributed by atoms with van der Waals surface area (Å²) in [5.41, 5.74) is 4.04. The van der Waals surface area contributed by atoms with E-state index in [9.17, 15) is 0 Å². The van der Waals surface area contributed by atoms with Crippen molar-refractivity contribution in [3.63, 3.8) is 0 Å². The Labute approximate surface area is 95.2 Å². The molecule has 78 valence electrons. The van der Waals surface area contributed by atoms with E-state index >= 15 is 0 Å². The van der Waals surface area contributed by atoms with Crippen LogP contribution in [-0.2, 0) is 5.33 Å². The normalized spacial score (nSPS) is 10.3. The second-order valence-corrected chi connectivity index (χ2v) is 4.25. The first-order chi connectivity index (χ1) is 6.69. The Morgan fingerprint density at radius 2 is 2.07 bits per heavy atom. The minimum absolute atomic E-state index is 0.929. The third-order valence-corrected chi connectivity index (χ3v) is 2.95. The number of alkyl halides is 1. The summed E-state index contributed by atoms with van der Waals surface area (Å²) >= 11 is 3.54. The van der Waals surface area contributed by atoms with Gasteiger partial charge in [-0.05, 0) is 25.0 Å². The Morgan fingerprint density at radius 3 is 2.64 bits per heavy atom. The second-order valence-electron chi connectivity index (χ2n) is 3.69. The minimum atomic E-state index is 0.929. The van der Waals surface area contributed by atoms with Crippen LogP contribution in [0.3, 0.4) is 0 Å². The highest BCUT2D eigenvalue weighted by Gasteiger charge is 2.05. The highest BCUT2D eigenvalue weighted by atomic mass is 79.9. The smallest absolute Gasteiger partial charge is 0.0404 e. The molecule has 0 heterocycles. The van der Waals surface area contributed by atoms with Gasteiger partial charge in [-0.25, -0.2) is 0 Å². The van der Waals surface area contributed by atoms with E-state index in [1.807, 2.05) is 0 Å². The van der Waals surface area contributed by atoms with Crippen LogP contribution in [-0.4, -0.2) is 13.6 Å². The molecule has 1 aromatic rings. The maximum absolute atomic E-state index is 3.54. The number of benzene rings is 1. The molecule has 0 bridgehead atoms. The first-order valence-corrected chi connectivity index (χ1v) is 6.17. The van der Waals surface area contributed by atoms with Gasteiger partial charge >= 0.3 is 0 Å². The van der Waals surface area contributed by atoms with E-state index in [2.05, 4.69) is 59.9 Å². The van der Waals surface area contributed by atoms with Gasteiger partial charge in [0.1, 0.15) is 0 Å². The van der Waals surface area contributed by atoms with Crippen molar-refractivity contribution in [2.24, 2.45) is 0 Å². The predicted octanol–water partition coefficient (Wildman–Crippen LogP) is 3.74. The van der Waals surface area contributed by atoms with Gasteiger partial charge in [0.2, 0.25) is 0 Å². The number of aryl methyl sites for hydroxylation is 1. The SMILES string of the molecule is CCCN(C)c1ccc(C)cc1CBr. The van der Waals surface area contributed by atoms with Crippen molar-refractivity contribution in [1.29, 1.82) is 0 Å². The van der Waals surface area contributed by atoms with Crippen molar-refractivity contribution in [1.82, 2.24) is 0 Å². The Morgan fingerprint density at radius 1 is 1.36 bits per heavy atom. The summed E-state index contributed by atoms with van der Waals surface area (Å²) in [6, 6.07) is 6.63. The summed E-state index contributed by atoms with van der Waals surface area (Å²) in [6.45, 7) is 5.46. The number of hydrogen-bond donors (Lipinski definition) is 0. The number of halogens is 1. The van der Waals surface area contributed by atoms with Gasteiger partial charge in [-0.1, -0.05) is 40.5 Å². The highest BCUT2D eigenvalue weighted by Crippen LogP contribution is 2.23. The van der Waals surface area contributed by atoms with Crippen LogP contribution < -0.4 is 4.90 Å². The van der Waals surface area contributed by atoms with Gasteiger partial charge in [-0.2, -0.15) is 0 Å². The monoisotopic (exact) mass is 255 g/mol. The molecule has 1 rings (SSSR count). The molecule has 0 unspecified atom stereocenters. The third kappa shape index (κ3) is 2.74. The zero-order valence-corrected chi connectivity index (χ0v) is 10.8. The molecule has 14 heavy (non-hydrogen) atoms. The summed E-state index contributed by atoms with van der Waals surface area (Å²) in [5.74, 6) is 0. The van der Waals surface area contributed by atoms with Crippen LogP contribution in [0.4, 0.5) is 5.69 Å².